The lowest BCUT2D eigenvalue weighted by Crippen LogP contribution is -2.18. The average molecular weight is 322 g/mol. The van der Waals surface area contributed by atoms with Crippen LogP contribution in [0.5, 0.6) is 5.75 Å². The van der Waals surface area contributed by atoms with E-state index in [1.807, 2.05) is 0 Å². The number of hydrazone groups is 1. The summed E-state index contributed by atoms with van der Waals surface area (Å²) in [5.74, 6) is -0.0614. The van der Waals surface area contributed by atoms with Crippen molar-refractivity contribution in [1.82, 2.24) is 5.43 Å². The van der Waals surface area contributed by atoms with Crippen molar-refractivity contribution in [3.05, 3.63) is 65.2 Å². The maximum Gasteiger partial charge on any atom is 0.417 e. The molecular weight excluding hydrogens is 309 g/mol. The first-order chi connectivity index (χ1) is 10.9. The molecule has 0 aliphatic rings. The molecule has 23 heavy (non-hydrogen) atoms. The Morgan fingerprint density at radius 1 is 1.17 bits per heavy atom. The predicted molar refractivity (Wildman–Crippen MR) is 79.5 cm³/mol. The fourth-order valence-electron chi connectivity index (χ4n) is 1.86. The second-order valence-electron chi connectivity index (χ2n) is 4.52. The van der Waals surface area contributed by atoms with E-state index in [0.29, 0.717) is 5.75 Å². The molecule has 0 unspecified atom stereocenters. The first kappa shape index (κ1) is 16.5. The van der Waals surface area contributed by atoms with Crippen LogP contribution in [-0.2, 0) is 6.18 Å². The van der Waals surface area contributed by atoms with Gasteiger partial charge in [-0.1, -0.05) is 24.3 Å². The van der Waals surface area contributed by atoms with Crippen LogP contribution in [0.2, 0.25) is 0 Å². The Bertz CT molecular complexity index is 727. The minimum Gasteiger partial charge on any atom is -0.497 e. The molecule has 0 aromatic heterocycles. The topological polar surface area (TPSA) is 50.7 Å². The number of halogens is 3. The number of hydrogen-bond acceptors (Lipinski definition) is 3. The van der Waals surface area contributed by atoms with Crippen LogP contribution in [0.4, 0.5) is 13.2 Å². The second kappa shape index (κ2) is 6.95. The monoisotopic (exact) mass is 322 g/mol. The molecule has 0 spiro atoms. The molecule has 2 rings (SSSR count). The number of nitrogens with zero attached hydrogens (tertiary/aromatic N) is 1. The molecule has 0 saturated carbocycles. The van der Waals surface area contributed by atoms with E-state index >= 15 is 0 Å². The number of amides is 1. The molecule has 0 radical (unpaired) electrons. The number of nitrogens with one attached hydrogen (secondary N) is 1. The fourth-order valence-corrected chi connectivity index (χ4v) is 1.86. The van der Waals surface area contributed by atoms with Crippen LogP contribution in [0.1, 0.15) is 21.5 Å². The molecule has 0 atom stereocenters. The standard InChI is InChI=1S/C16H13F3N2O2/c1-23-13-7-4-6-11(9-13)15(22)21-20-10-12-5-2-3-8-14(12)16(17,18)19/h2-10H,1H3,(H,21,22). The zero-order chi connectivity index (χ0) is 16.9. The SMILES string of the molecule is COc1cccc(C(=O)NN=Cc2ccccc2C(F)(F)F)c1. The Kier molecular flexibility index (Phi) is 5.00. The molecule has 1 amide bonds. The third-order valence-electron chi connectivity index (χ3n) is 2.97. The van der Waals surface area contributed by atoms with Gasteiger partial charge in [-0.3, -0.25) is 4.79 Å². The maximum atomic E-state index is 12.8. The van der Waals surface area contributed by atoms with E-state index in [-0.39, 0.29) is 11.1 Å². The van der Waals surface area contributed by atoms with Crippen molar-refractivity contribution in [1.29, 1.82) is 0 Å². The van der Waals surface area contributed by atoms with E-state index in [1.165, 1.54) is 37.4 Å². The third-order valence-corrected chi connectivity index (χ3v) is 2.97. The Labute approximate surface area is 130 Å². The van der Waals surface area contributed by atoms with Crippen LogP contribution in [0.25, 0.3) is 0 Å². The number of methoxy groups -OCH3 is 1. The minimum absolute atomic E-state index is 0.133. The largest absolute Gasteiger partial charge is 0.497 e. The highest BCUT2D eigenvalue weighted by molar-refractivity contribution is 5.95. The molecule has 7 heteroatoms. The van der Waals surface area contributed by atoms with Crippen LogP contribution in [-0.4, -0.2) is 19.2 Å². The van der Waals surface area contributed by atoms with Gasteiger partial charge in [-0.05, 0) is 24.3 Å². The Balaban J connectivity index is 2.12. The summed E-state index contributed by atoms with van der Waals surface area (Å²) in [4.78, 5) is 11.9. The molecule has 120 valence electrons. The summed E-state index contributed by atoms with van der Waals surface area (Å²) >= 11 is 0. The third kappa shape index (κ3) is 4.32. The summed E-state index contributed by atoms with van der Waals surface area (Å²) in [6, 6.07) is 11.3. The molecule has 0 bridgehead atoms. The van der Waals surface area contributed by atoms with Crippen molar-refractivity contribution in [3.8, 4) is 5.75 Å². The summed E-state index contributed by atoms with van der Waals surface area (Å²) < 4.78 is 43.4. The van der Waals surface area contributed by atoms with Crippen molar-refractivity contribution in [3.63, 3.8) is 0 Å². The zero-order valence-corrected chi connectivity index (χ0v) is 12.1. The molecule has 4 nitrogen and oxygen atoms in total. The van der Waals surface area contributed by atoms with Gasteiger partial charge in [0.05, 0.1) is 18.9 Å². The summed E-state index contributed by atoms with van der Waals surface area (Å²) in [5, 5.41) is 3.58. The van der Waals surface area contributed by atoms with Crippen LogP contribution in [0.15, 0.2) is 53.6 Å². The lowest BCUT2D eigenvalue weighted by molar-refractivity contribution is -0.137. The van der Waals surface area contributed by atoms with E-state index in [4.69, 9.17) is 4.74 Å². The highest BCUT2D eigenvalue weighted by Gasteiger charge is 2.32. The predicted octanol–water partition coefficient (Wildman–Crippen LogP) is 3.48. The van der Waals surface area contributed by atoms with Gasteiger partial charge in [-0.15, -0.1) is 0 Å². The molecular formula is C16H13F3N2O2. The van der Waals surface area contributed by atoms with Gasteiger partial charge >= 0.3 is 6.18 Å². The number of rotatable bonds is 4. The number of ether oxygens (including phenoxy) is 1. The van der Waals surface area contributed by atoms with Gasteiger partial charge in [0, 0.05) is 11.1 Å². The molecule has 0 aliphatic carbocycles. The normalized spacial score (nSPS) is 11.5. The van der Waals surface area contributed by atoms with Gasteiger partial charge in [0.1, 0.15) is 5.75 Å². The quantitative estimate of drug-likeness (QED) is 0.692. The summed E-state index contributed by atoms with van der Waals surface area (Å²) in [7, 11) is 1.46. The van der Waals surface area contributed by atoms with Crippen LogP contribution >= 0.6 is 0 Å². The van der Waals surface area contributed by atoms with Gasteiger partial charge in [-0.2, -0.15) is 18.3 Å². The van der Waals surface area contributed by atoms with E-state index in [9.17, 15) is 18.0 Å². The van der Waals surface area contributed by atoms with Crippen molar-refractivity contribution in [2.24, 2.45) is 5.10 Å². The minimum atomic E-state index is -4.49. The number of carbonyl (C=O) groups excluding carboxylic acids is 1. The first-order valence-corrected chi connectivity index (χ1v) is 6.55. The van der Waals surface area contributed by atoms with Gasteiger partial charge in [0.2, 0.25) is 0 Å². The lowest BCUT2D eigenvalue weighted by Gasteiger charge is -2.09. The second-order valence-corrected chi connectivity index (χ2v) is 4.52. The van der Waals surface area contributed by atoms with Crippen molar-refractivity contribution in [2.75, 3.05) is 7.11 Å². The number of benzene rings is 2. The summed E-state index contributed by atoms with van der Waals surface area (Å²) in [5.41, 5.74) is 1.51. The van der Waals surface area contributed by atoms with E-state index in [0.717, 1.165) is 12.3 Å². The zero-order valence-electron chi connectivity index (χ0n) is 12.1. The van der Waals surface area contributed by atoms with Gasteiger partial charge in [0.25, 0.3) is 5.91 Å². The number of hydrogen-bond donors (Lipinski definition) is 1. The first-order valence-electron chi connectivity index (χ1n) is 6.55. The number of carbonyl (C=O) groups is 1. The van der Waals surface area contributed by atoms with E-state index in [2.05, 4.69) is 10.5 Å². The van der Waals surface area contributed by atoms with Gasteiger partial charge in [-0.25, -0.2) is 5.43 Å². The van der Waals surface area contributed by atoms with Crippen LogP contribution < -0.4 is 10.2 Å². The summed E-state index contributed by atoms with van der Waals surface area (Å²) in [6.07, 6.45) is -3.53. The maximum absolute atomic E-state index is 12.8. The molecule has 0 saturated heterocycles. The Hall–Kier alpha value is -2.83. The molecule has 0 aliphatic heterocycles. The van der Waals surface area contributed by atoms with Crippen molar-refractivity contribution in [2.45, 2.75) is 6.18 Å². The van der Waals surface area contributed by atoms with Gasteiger partial charge in [0.15, 0.2) is 0 Å². The van der Waals surface area contributed by atoms with Crippen molar-refractivity contribution < 1.29 is 22.7 Å². The lowest BCUT2D eigenvalue weighted by atomic mass is 10.1. The van der Waals surface area contributed by atoms with Gasteiger partial charge < -0.3 is 4.74 Å². The molecule has 2 aromatic carbocycles. The Morgan fingerprint density at radius 2 is 1.91 bits per heavy atom. The van der Waals surface area contributed by atoms with E-state index in [1.54, 1.807) is 12.1 Å². The molecule has 1 N–H and O–H groups in total. The smallest absolute Gasteiger partial charge is 0.417 e. The summed E-state index contributed by atoms with van der Waals surface area (Å²) in [6.45, 7) is 0. The Morgan fingerprint density at radius 3 is 2.61 bits per heavy atom. The highest BCUT2D eigenvalue weighted by Crippen LogP contribution is 2.31. The van der Waals surface area contributed by atoms with Crippen molar-refractivity contribution >= 4 is 12.1 Å². The molecule has 2 aromatic rings. The molecule has 0 heterocycles. The van der Waals surface area contributed by atoms with E-state index < -0.39 is 17.6 Å². The van der Waals surface area contributed by atoms with Crippen LogP contribution in [0, 0.1) is 0 Å². The highest BCUT2D eigenvalue weighted by atomic mass is 19.4. The average Bonchev–Trinajstić information content (AvgIpc) is 2.54. The molecule has 0 fully saturated rings. The van der Waals surface area contributed by atoms with Crippen LogP contribution in [0.3, 0.4) is 0 Å². The fraction of sp³-hybridized carbons (Fsp3) is 0.125. The number of alkyl halides is 3.